The van der Waals surface area contributed by atoms with Gasteiger partial charge in [-0.2, -0.15) is 11.3 Å². The molecule has 108 valence electrons. The van der Waals surface area contributed by atoms with Gasteiger partial charge in [-0.05, 0) is 22.4 Å². The van der Waals surface area contributed by atoms with E-state index in [1.807, 2.05) is 0 Å². The number of ether oxygens (including phenoxy) is 2. The molecule has 1 unspecified atom stereocenters. The first kappa shape index (κ1) is 16.3. The van der Waals surface area contributed by atoms with E-state index in [2.05, 4.69) is 28.3 Å². The topological polar surface area (TPSA) is 41.9 Å². The van der Waals surface area contributed by atoms with Crippen LogP contribution in [0.15, 0.2) is 29.5 Å². The second-order valence-electron chi connectivity index (χ2n) is 4.34. The van der Waals surface area contributed by atoms with Crippen LogP contribution in [0.2, 0.25) is 0 Å². The van der Waals surface area contributed by atoms with Crippen molar-refractivity contribution < 1.29 is 14.6 Å². The van der Waals surface area contributed by atoms with Gasteiger partial charge in [-0.3, -0.25) is 4.90 Å². The molecular weight excluding hydrogens is 262 g/mol. The summed E-state index contributed by atoms with van der Waals surface area (Å²) >= 11 is 1.68. The molecule has 0 radical (unpaired) electrons. The van der Waals surface area contributed by atoms with Crippen molar-refractivity contribution >= 4 is 11.3 Å². The maximum atomic E-state index is 9.94. The monoisotopic (exact) mass is 285 g/mol. The fourth-order valence-corrected chi connectivity index (χ4v) is 2.39. The molecule has 1 aromatic rings. The summed E-state index contributed by atoms with van der Waals surface area (Å²) in [5.41, 5.74) is 1.26. The number of methoxy groups -OCH3 is 1. The summed E-state index contributed by atoms with van der Waals surface area (Å²) in [6.07, 6.45) is 1.19. The summed E-state index contributed by atoms with van der Waals surface area (Å²) in [6, 6.07) is 2.10. The van der Waals surface area contributed by atoms with Gasteiger partial charge >= 0.3 is 0 Å². The molecule has 1 atom stereocenters. The van der Waals surface area contributed by atoms with Crippen molar-refractivity contribution in [1.82, 2.24) is 4.90 Å². The quantitative estimate of drug-likeness (QED) is 0.497. The van der Waals surface area contributed by atoms with E-state index in [0.717, 1.165) is 13.1 Å². The van der Waals surface area contributed by atoms with Gasteiger partial charge in [-0.15, -0.1) is 6.58 Å². The van der Waals surface area contributed by atoms with E-state index >= 15 is 0 Å². The van der Waals surface area contributed by atoms with Crippen LogP contribution in [-0.2, 0) is 16.0 Å². The van der Waals surface area contributed by atoms with Crippen LogP contribution < -0.4 is 0 Å². The average Bonchev–Trinajstić information content (AvgIpc) is 2.89. The zero-order valence-electron chi connectivity index (χ0n) is 11.5. The van der Waals surface area contributed by atoms with Gasteiger partial charge in [-0.1, -0.05) is 6.08 Å². The lowest BCUT2D eigenvalue weighted by Crippen LogP contribution is -2.36. The van der Waals surface area contributed by atoms with Crippen molar-refractivity contribution in [2.24, 2.45) is 0 Å². The van der Waals surface area contributed by atoms with Crippen LogP contribution in [0.4, 0.5) is 0 Å². The van der Waals surface area contributed by atoms with E-state index in [4.69, 9.17) is 9.47 Å². The summed E-state index contributed by atoms with van der Waals surface area (Å²) in [6.45, 7) is 7.24. The third kappa shape index (κ3) is 7.44. The molecule has 0 aliphatic rings. The molecule has 0 amide bonds. The van der Waals surface area contributed by atoms with Crippen molar-refractivity contribution in [2.75, 3.05) is 40.0 Å². The second kappa shape index (κ2) is 10.1. The molecule has 0 aromatic carbocycles. The lowest BCUT2D eigenvalue weighted by molar-refractivity contribution is 0.0194. The summed E-state index contributed by atoms with van der Waals surface area (Å²) < 4.78 is 10.4. The highest BCUT2D eigenvalue weighted by molar-refractivity contribution is 7.07. The number of hydrogen-bond donors (Lipinski definition) is 1. The number of nitrogens with zero attached hydrogens (tertiary/aromatic N) is 1. The van der Waals surface area contributed by atoms with Crippen LogP contribution in [-0.4, -0.2) is 56.1 Å². The second-order valence-corrected chi connectivity index (χ2v) is 5.12. The minimum atomic E-state index is -0.490. The minimum Gasteiger partial charge on any atom is -0.389 e. The van der Waals surface area contributed by atoms with E-state index in [0.29, 0.717) is 26.4 Å². The molecular formula is C14H23NO3S. The molecule has 0 fully saturated rings. The lowest BCUT2D eigenvalue weighted by atomic mass is 10.2. The lowest BCUT2D eigenvalue weighted by Gasteiger charge is -2.24. The van der Waals surface area contributed by atoms with E-state index in [-0.39, 0.29) is 0 Å². The van der Waals surface area contributed by atoms with Gasteiger partial charge in [-0.25, -0.2) is 0 Å². The Morgan fingerprint density at radius 3 is 3.05 bits per heavy atom. The van der Waals surface area contributed by atoms with Crippen molar-refractivity contribution in [1.29, 1.82) is 0 Å². The summed E-state index contributed by atoms with van der Waals surface area (Å²) in [7, 11) is 1.69. The zero-order valence-corrected chi connectivity index (χ0v) is 12.3. The van der Waals surface area contributed by atoms with Crippen molar-refractivity contribution in [3.05, 3.63) is 35.0 Å². The Morgan fingerprint density at radius 1 is 1.58 bits per heavy atom. The van der Waals surface area contributed by atoms with Gasteiger partial charge in [0.15, 0.2) is 0 Å². The highest BCUT2D eigenvalue weighted by atomic mass is 32.1. The van der Waals surface area contributed by atoms with E-state index in [1.54, 1.807) is 24.5 Å². The molecule has 0 saturated heterocycles. The standard InChI is InChI=1S/C14H23NO3S/c1-3-6-18-11-14(16)10-15(5-7-17-2)9-13-4-8-19-12-13/h3-4,8,12,14,16H,1,5-7,9-11H2,2H3. The third-order valence-electron chi connectivity index (χ3n) is 2.61. The molecule has 0 aliphatic carbocycles. The average molecular weight is 285 g/mol. The van der Waals surface area contributed by atoms with Crippen LogP contribution in [0.5, 0.6) is 0 Å². The predicted octanol–water partition coefficient (Wildman–Crippen LogP) is 1.76. The third-order valence-corrected chi connectivity index (χ3v) is 3.34. The fourth-order valence-electron chi connectivity index (χ4n) is 1.73. The highest BCUT2D eigenvalue weighted by Gasteiger charge is 2.12. The van der Waals surface area contributed by atoms with Crippen molar-refractivity contribution in [3.63, 3.8) is 0 Å². The maximum absolute atomic E-state index is 9.94. The normalized spacial score (nSPS) is 12.8. The van der Waals surface area contributed by atoms with Crippen molar-refractivity contribution in [2.45, 2.75) is 12.6 Å². The van der Waals surface area contributed by atoms with E-state index in [9.17, 15) is 5.11 Å². The van der Waals surface area contributed by atoms with Gasteiger partial charge in [0.1, 0.15) is 0 Å². The van der Waals surface area contributed by atoms with Crippen LogP contribution in [0.3, 0.4) is 0 Å². The fraction of sp³-hybridized carbons (Fsp3) is 0.571. The first-order valence-corrected chi connectivity index (χ1v) is 7.29. The van der Waals surface area contributed by atoms with Gasteiger partial charge in [0.05, 0.1) is 25.9 Å². The number of aliphatic hydroxyl groups excluding tert-OH is 1. The molecule has 19 heavy (non-hydrogen) atoms. The van der Waals surface area contributed by atoms with E-state index < -0.39 is 6.10 Å². The van der Waals surface area contributed by atoms with Crippen LogP contribution in [0.1, 0.15) is 5.56 Å². The molecule has 0 spiro atoms. The molecule has 0 bridgehead atoms. The Labute approximate surface area is 119 Å². The Hall–Kier alpha value is -0.720. The summed E-state index contributed by atoms with van der Waals surface area (Å²) in [5, 5.41) is 14.1. The maximum Gasteiger partial charge on any atom is 0.0900 e. The van der Waals surface area contributed by atoms with Gasteiger partial charge in [0.25, 0.3) is 0 Å². The Kier molecular flexibility index (Phi) is 8.69. The van der Waals surface area contributed by atoms with Crippen LogP contribution in [0, 0.1) is 0 Å². The molecule has 5 heteroatoms. The van der Waals surface area contributed by atoms with Crippen molar-refractivity contribution in [3.8, 4) is 0 Å². The molecule has 1 rings (SSSR count). The van der Waals surface area contributed by atoms with Gasteiger partial charge in [0.2, 0.25) is 0 Å². The summed E-state index contributed by atoms with van der Waals surface area (Å²) in [5.74, 6) is 0. The number of hydrogen-bond acceptors (Lipinski definition) is 5. The van der Waals surface area contributed by atoms with Crippen LogP contribution in [0.25, 0.3) is 0 Å². The Balaban J connectivity index is 2.37. The molecule has 4 nitrogen and oxygen atoms in total. The molecule has 0 saturated carbocycles. The first-order valence-electron chi connectivity index (χ1n) is 6.35. The highest BCUT2D eigenvalue weighted by Crippen LogP contribution is 2.10. The smallest absolute Gasteiger partial charge is 0.0900 e. The SMILES string of the molecule is C=CCOCC(O)CN(CCOC)Cc1ccsc1. The molecule has 0 aliphatic heterocycles. The van der Waals surface area contributed by atoms with Gasteiger partial charge in [0, 0.05) is 26.7 Å². The van der Waals surface area contributed by atoms with Crippen LogP contribution >= 0.6 is 11.3 Å². The molecule has 1 N–H and O–H groups in total. The zero-order chi connectivity index (χ0) is 13.9. The number of rotatable bonds is 11. The first-order chi connectivity index (χ1) is 9.26. The summed E-state index contributed by atoms with van der Waals surface area (Å²) in [4.78, 5) is 2.17. The Bertz CT molecular complexity index is 329. The molecule has 1 aromatic heterocycles. The minimum absolute atomic E-state index is 0.332. The number of thiophene rings is 1. The predicted molar refractivity (Wildman–Crippen MR) is 78.5 cm³/mol. The Morgan fingerprint density at radius 2 is 2.42 bits per heavy atom. The number of aliphatic hydroxyl groups is 1. The largest absolute Gasteiger partial charge is 0.389 e. The van der Waals surface area contributed by atoms with E-state index in [1.165, 1.54) is 5.56 Å². The van der Waals surface area contributed by atoms with Gasteiger partial charge < -0.3 is 14.6 Å². The molecule has 1 heterocycles.